The highest BCUT2D eigenvalue weighted by Gasteiger charge is 2.34. The van der Waals surface area contributed by atoms with Crippen molar-refractivity contribution in [3.8, 4) is 0 Å². The average Bonchev–Trinajstić information content (AvgIpc) is 2.91. The summed E-state index contributed by atoms with van der Waals surface area (Å²) < 4.78 is 0. The minimum absolute atomic E-state index is 0.214. The zero-order valence-electron chi connectivity index (χ0n) is 12.0. The van der Waals surface area contributed by atoms with Crippen molar-refractivity contribution < 1.29 is 19.8 Å². The highest BCUT2D eigenvalue weighted by molar-refractivity contribution is 6.33. The highest BCUT2D eigenvalue weighted by atomic mass is 16.4. The zero-order chi connectivity index (χ0) is 15.4. The van der Waals surface area contributed by atoms with Crippen molar-refractivity contribution in [2.24, 2.45) is 5.92 Å². The first kappa shape index (κ1) is 15.4. The second kappa shape index (κ2) is 6.68. The second-order valence-electron chi connectivity index (χ2n) is 5.43. The van der Waals surface area contributed by atoms with Crippen LogP contribution >= 0.6 is 0 Å². The smallest absolute Gasteiger partial charge is 0.372 e. The normalized spacial score (nSPS) is 19.0. The van der Waals surface area contributed by atoms with Crippen molar-refractivity contribution >= 4 is 17.8 Å². The number of aliphatic carboxylic acids is 1. The molecule has 0 amide bonds. The van der Waals surface area contributed by atoms with Crippen LogP contribution in [0.15, 0.2) is 30.3 Å². The van der Waals surface area contributed by atoms with E-state index in [9.17, 15) is 14.7 Å². The molecular formula is C17H20O4. The topological polar surface area (TPSA) is 74.6 Å². The maximum Gasteiger partial charge on any atom is 0.372 e. The lowest BCUT2D eigenvalue weighted by Gasteiger charge is -2.22. The van der Waals surface area contributed by atoms with Gasteiger partial charge in [-0.1, -0.05) is 43.3 Å². The van der Waals surface area contributed by atoms with Gasteiger partial charge in [0.2, 0.25) is 5.78 Å². The molecule has 1 aromatic rings. The van der Waals surface area contributed by atoms with E-state index in [1.54, 1.807) is 0 Å². The first-order chi connectivity index (χ1) is 10.0. The van der Waals surface area contributed by atoms with Crippen LogP contribution in [0.25, 0.3) is 6.08 Å². The number of carbonyl (C=O) groups is 2. The molecule has 21 heavy (non-hydrogen) atoms. The number of aliphatic hydroxyl groups excluding tert-OH is 1. The number of rotatable bonds is 7. The molecule has 3 unspecified atom stereocenters. The standard InChI is InChI=1S/C17H20O4/c1-2-12(18)8-10-15(16(19)17(20)21)14-9-7-11-5-3-4-6-13(11)14/h3-7,9,12,14-15,18H,2,8,10H2,1H3,(H,20,21). The molecule has 1 aliphatic rings. The summed E-state index contributed by atoms with van der Waals surface area (Å²) in [5.74, 6) is -3.01. The summed E-state index contributed by atoms with van der Waals surface area (Å²) in [4.78, 5) is 23.1. The third kappa shape index (κ3) is 3.39. The number of carbonyl (C=O) groups excluding carboxylic acids is 1. The molecule has 1 aromatic carbocycles. The largest absolute Gasteiger partial charge is 0.475 e. The molecule has 0 saturated carbocycles. The summed E-state index contributed by atoms with van der Waals surface area (Å²) in [6.07, 6.45) is 4.75. The third-order valence-corrected chi connectivity index (χ3v) is 4.10. The Labute approximate surface area is 124 Å². The minimum atomic E-state index is -1.40. The van der Waals surface area contributed by atoms with Crippen LogP contribution in [-0.4, -0.2) is 28.1 Å². The Balaban J connectivity index is 2.22. The summed E-state index contributed by atoms with van der Waals surface area (Å²) in [6, 6.07) is 7.69. The molecule has 2 rings (SSSR count). The lowest BCUT2D eigenvalue weighted by Crippen LogP contribution is -2.28. The molecule has 112 valence electrons. The quantitative estimate of drug-likeness (QED) is 0.756. The van der Waals surface area contributed by atoms with E-state index in [-0.39, 0.29) is 5.92 Å². The van der Waals surface area contributed by atoms with Crippen molar-refractivity contribution in [3.63, 3.8) is 0 Å². The van der Waals surface area contributed by atoms with Crippen LogP contribution in [0.1, 0.15) is 43.2 Å². The van der Waals surface area contributed by atoms with Gasteiger partial charge in [-0.25, -0.2) is 4.79 Å². The monoisotopic (exact) mass is 288 g/mol. The fourth-order valence-corrected chi connectivity index (χ4v) is 2.84. The Morgan fingerprint density at radius 3 is 2.62 bits per heavy atom. The van der Waals surface area contributed by atoms with Gasteiger partial charge in [-0.2, -0.15) is 0 Å². The maximum atomic E-state index is 12.0. The van der Waals surface area contributed by atoms with E-state index in [4.69, 9.17) is 5.11 Å². The van der Waals surface area contributed by atoms with Crippen molar-refractivity contribution in [1.82, 2.24) is 0 Å². The first-order valence-electron chi connectivity index (χ1n) is 7.27. The van der Waals surface area contributed by atoms with Gasteiger partial charge in [0, 0.05) is 11.8 Å². The lowest BCUT2D eigenvalue weighted by molar-refractivity contribution is -0.151. The number of hydrogen-bond acceptors (Lipinski definition) is 3. The number of aliphatic hydroxyl groups is 1. The van der Waals surface area contributed by atoms with E-state index >= 15 is 0 Å². The molecule has 0 heterocycles. The van der Waals surface area contributed by atoms with Crippen LogP contribution in [0, 0.1) is 5.92 Å². The van der Waals surface area contributed by atoms with Crippen LogP contribution in [-0.2, 0) is 9.59 Å². The van der Waals surface area contributed by atoms with Crippen molar-refractivity contribution in [3.05, 3.63) is 41.5 Å². The minimum Gasteiger partial charge on any atom is -0.475 e. The van der Waals surface area contributed by atoms with Gasteiger partial charge >= 0.3 is 5.97 Å². The summed E-state index contributed by atoms with van der Waals surface area (Å²) in [7, 11) is 0. The number of hydrogen-bond donors (Lipinski definition) is 2. The number of carboxylic acid groups (broad SMARTS) is 1. The Bertz CT molecular complexity index is 562. The molecule has 0 saturated heterocycles. The van der Waals surface area contributed by atoms with Crippen LogP contribution in [0.2, 0.25) is 0 Å². The fourth-order valence-electron chi connectivity index (χ4n) is 2.84. The summed E-state index contributed by atoms with van der Waals surface area (Å²) >= 11 is 0. The number of ketones is 1. The van der Waals surface area contributed by atoms with Gasteiger partial charge in [0.25, 0.3) is 0 Å². The Morgan fingerprint density at radius 2 is 1.95 bits per heavy atom. The SMILES string of the molecule is CCC(O)CCC(C(=O)C(=O)O)C1C=Cc2ccccc21. The van der Waals surface area contributed by atoms with Gasteiger partial charge in [-0.3, -0.25) is 4.79 Å². The van der Waals surface area contributed by atoms with Crippen molar-refractivity contribution in [2.75, 3.05) is 0 Å². The van der Waals surface area contributed by atoms with Crippen molar-refractivity contribution in [2.45, 2.75) is 38.2 Å². The molecule has 0 aliphatic heterocycles. The van der Waals surface area contributed by atoms with E-state index in [0.717, 1.165) is 11.1 Å². The number of carboxylic acids is 1. The van der Waals surface area contributed by atoms with E-state index in [1.165, 1.54) is 0 Å². The molecule has 0 bridgehead atoms. The summed E-state index contributed by atoms with van der Waals surface area (Å²) in [5, 5.41) is 18.7. The number of allylic oxidation sites excluding steroid dienone is 1. The van der Waals surface area contributed by atoms with E-state index in [0.29, 0.717) is 19.3 Å². The van der Waals surface area contributed by atoms with Crippen molar-refractivity contribution in [1.29, 1.82) is 0 Å². The lowest BCUT2D eigenvalue weighted by atomic mass is 9.81. The molecule has 0 radical (unpaired) electrons. The molecule has 0 spiro atoms. The Hall–Kier alpha value is -1.94. The molecule has 1 aliphatic carbocycles. The molecular weight excluding hydrogens is 268 g/mol. The van der Waals surface area contributed by atoms with Crippen LogP contribution in [0.5, 0.6) is 0 Å². The van der Waals surface area contributed by atoms with Crippen LogP contribution in [0.4, 0.5) is 0 Å². The molecule has 0 fully saturated rings. The van der Waals surface area contributed by atoms with Gasteiger partial charge in [-0.15, -0.1) is 0 Å². The molecule has 4 heteroatoms. The Kier molecular flexibility index (Phi) is 4.91. The number of Topliss-reactive ketones (excluding diaryl/α,β-unsaturated/α-hetero) is 1. The number of fused-ring (bicyclic) bond motifs is 1. The summed E-state index contributed by atoms with van der Waals surface area (Å²) in [5.41, 5.74) is 2.02. The zero-order valence-corrected chi connectivity index (χ0v) is 12.0. The van der Waals surface area contributed by atoms with Gasteiger partial charge in [0.15, 0.2) is 0 Å². The Morgan fingerprint density at radius 1 is 1.24 bits per heavy atom. The van der Waals surface area contributed by atoms with Gasteiger partial charge in [-0.05, 0) is 30.4 Å². The van der Waals surface area contributed by atoms with E-state index in [1.807, 2.05) is 43.3 Å². The first-order valence-corrected chi connectivity index (χ1v) is 7.27. The predicted molar refractivity (Wildman–Crippen MR) is 79.9 cm³/mol. The average molecular weight is 288 g/mol. The third-order valence-electron chi connectivity index (χ3n) is 4.10. The maximum absolute atomic E-state index is 12.0. The van der Waals surface area contributed by atoms with E-state index in [2.05, 4.69) is 0 Å². The molecule has 2 N–H and O–H groups in total. The fraction of sp³-hybridized carbons (Fsp3) is 0.412. The highest BCUT2D eigenvalue weighted by Crippen LogP contribution is 2.38. The van der Waals surface area contributed by atoms with Crippen LogP contribution < -0.4 is 0 Å². The summed E-state index contributed by atoms with van der Waals surface area (Å²) in [6.45, 7) is 1.86. The van der Waals surface area contributed by atoms with E-state index < -0.39 is 23.8 Å². The van der Waals surface area contributed by atoms with Gasteiger partial charge in [0.1, 0.15) is 0 Å². The van der Waals surface area contributed by atoms with Gasteiger partial charge < -0.3 is 10.2 Å². The number of benzene rings is 1. The second-order valence-corrected chi connectivity index (χ2v) is 5.43. The molecule has 3 atom stereocenters. The van der Waals surface area contributed by atoms with Gasteiger partial charge in [0.05, 0.1) is 6.10 Å². The molecule has 4 nitrogen and oxygen atoms in total. The van der Waals surface area contributed by atoms with Crippen LogP contribution in [0.3, 0.4) is 0 Å². The predicted octanol–water partition coefficient (Wildman–Crippen LogP) is 2.62. The molecule has 0 aromatic heterocycles.